The standard InChI is InChI=1S/C14H22O8/c1-12(2)19-7-6-18-14(8(15)5-9(16)17)11(10(7)20-12)21-13(3,4)22-14/h7-8,10-11,15H,5-6H2,1-4H3,(H,16,17)/t7-,8+,10-,11+,14+/m1/s1. The second kappa shape index (κ2) is 4.86. The zero-order valence-electron chi connectivity index (χ0n) is 13.1. The number of hydrogen-bond acceptors (Lipinski definition) is 7. The Labute approximate surface area is 128 Å². The normalized spacial score (nSPS) is 43.4. The fourth-order valence-electron chi connectivity index (χ4n) is 3.38. The molecule has 5 atom stereocenters. The molecular formula is C14H22O8. The Morgan fingerprint density at radius 1 is 1.18 bits per heavy atom. The van der Waals surface area contributed by atoms with Crippen molar-refractivity contribution in [3.63, 3.8) is 0 Å². The number of carboxylic acids is 1. The number of aliphatic hydroxyl groups excluding tert-OH is 1. The van der Waals surface area contributed by atoms with Crippen LogP contribution < -0.4 is 0 Å². The molecule has 3 fully saturated rings. The van der Waals surface area contributed by atoms with Crippen molar-refractivity contribution in [1.82, 2.24) is 0 Å². The second-order valence-corrected chi connectivity index (χ2v) is 6.83. The molecule has 3 rings (SSSR count). The van der Waals surface area contributed by atoms with E-state index in [0.717, 1.165) is 0 Å². The molecule has 0 unspecified atom stereocenters. The van der Waals surface area contributed by atoms with Gasteiger partial charge in [-0.25, -0.2) is 0 Å². The third-order valence-electron chi connectivity index (χ3n) is 4.04. The van der Waals surface area contributed by atoms with Crippen molar-refractivity contribution in [2.24, 2.45) is 0 Å². The highest BCUT2D eigenvalue weighted by Gasteiger charge is 2.68. The molecule has 0 saturated carbocycles. The maximum Gasteiger partial charge on any atom is 0.306 e. The van der Waals surface area contributed by atoms with Gasteiger partial charge in [-0.05, 0) is 27.7 Å². The average Bonchev–Trinajstić information content (AvgIpc) is 2.80. The molecule has 0 bridgehead atoms. The molecule has 3 heterocycles. The molecule has 22 heavy (non-hydrogen) atoms. The first-order valence-corrected chi connectivity index (χ1v) is 7.32. The molecule has 0 radical (unpaired) electrons. The molecule has 3 aliphatic heterocycles. The molecular weight excluding hydrogens is 296 g/mol. The van der Waals surface area contributed by atoms with E-state index in [0.29, 0.717) is 0 Å². The highest BCUT2D eigenvalue weighted by atomic mass is 16.9. The Morgan fingerprint density at radius 2 is 1.86 bits per heavy atom. The molecule has 3 saturated heterocycles. The summed E-state index contributed by atoms with van der Waals surface area (Å²) in [5.41, 5.74) is 0. The number of carboxylic acid groups (broad SMARTS) is 1. The largest absolute Gasteiger partial charge is 0.481 e. The summed E-state index contributed by atoms with van der Waals surface area (Å²) < 4.78 is 29.0. The number of aliphatic hydroxyl groups is 1. The summed E-state index contributed by atoms with van der Waals surface area (Å²) >= 11 is 0. The number of rotatable bonds is 3. The van der Waals surface area contributed by atoms with Crippen LogP contribution in [0.4, 0.5) is 0 Å². The molecule has 126 valence electrons. The van der Waals surface area contributed by atoms with Crippen LogP contribution in [0.2, 0.25) is 0 Å². The van der Waals surface area contributed by atoms with E-state index >= 15 is 0 Å². The van der Waals surface area contributed by atoms with Crippen LogP contribution >= 0.6 is 0 Å². The molecule has 3 aliphatic rings. The minimum Gasteiger partial charge on any atom is -0.481 e. The van der Waals surface area contributed by atoms with Crippen molar-refractivity contribution in [1.29, 1.82) is 0 Å². The van der Waals surface area contributed by atoms with Crippen LogP contribution in [0.3, 0.4) is 0 Å². The Kier molecular flexibility index (Phi) is 3.56. The van der Waals surface area contributed by atoms with Crippen molar-refractivity contribution >= 4 is 5.97 Å². The van der Waals surface area contributed by atoms with Crippen LogP contribution in [0.1, 0.15) is 34.1 Å². The summed E-state index contributed by atoms with van der Waals surface area (Å²) in [5.74, 6) is -4.56. The molecule has 0 spiro atoms. The zero-order valence-corrected chi connectivity index (χ0v) is 13.1. The number of aliphatic carboxylic acids is 1. The molecule has 8 nitrogen and oxygen atoms in total. The molecule has 0 aromatic rings. The monoisotopic (exact) mass is 318 g/mol. The van der Waals surface area contributed by atoms with Gasteiger partial charge in [0.1, 0.15) is 24.4 Å². The highest BCUT2D eigenvalue weighted by Crippen LogP contribution is 2.49. The summed E-state index contributed by atoms with van der Waals surface area (Å²) in [6.45, 7) is 7.05. The van der Waals surface area contributed by atoms with Gasteiger partial charge in [0.2, 0.25) is 5.79 Å². The van der Waals surface area contributed by atoms with Crippen LogP contribution in [0.15, 0.2) is 0 Å². The minimum absolute atomic E-state index is 0.126. The first kappa shape index (κ1) is 16.1. The van der Waals surface area contributed by atoms with E-state index in [4.69, 9.17) is 28.8 Å². The fraction of sp³-hybridized carbons (Fsp3) is 0.929. The summed E-state index contributed by atoms with van der Waals surface area (Å²) in [6, 6.07) is 0. The van der Waals surface area contributed by atoms with Gasteiger partial charge in [0.25, 0.3) is 0 Å². The van der Waals surface area contributed by atoms with Gasteiger partial charge in [-0.2, -0.15) is 0 Å². The van der Waals surface area contributed by atoms with E-state index in [1.807, 2.05) is 0 Å². The molecule has 0 aromatic heterocycles. The fourth-order valence-corrected chi connectivity index (χ4v) is 3.38. The van der Waals surface area contributed by atoms with E-state index in [1.54, 1.807) is 27.7 Å². The smallest absolute Gasteiger partial charge is 0.306 e. The van der Waals surface area contributed by atoms with E-state index in [9.17, 15) is 9.90 Å². The van der Waals surface area contributed by atoms with Crippen LogP contribution in [0, 0.1) is 0 Å². The summed E-state index contributed by atoms with van der Waals surface area (Å²) in [5, 5.41) is 19.3. The van der Waals surface area contributed by atoms with Crippen molar-refractivity contribution in [2.45, 2.75) is 75.9 Å². The number of carbonyl (C=O) groups is 1. The van der Waals surface area contributed by atoms with Crippen LogP contribution in [-0.2, 0) is 28.5 Å². The van der Waals surface area contributed by atoms with Crippen molar-refractivity contribution in [2.75, 3.05) is 6.61 Å². The lowest BCUT2D eigenvalue weighted by molar-refractivity contribution is -0.318. The number of hydrogen-bond donors (Lipinski definition) is 2. The third kappa shape index (κ3) is 2.53. The minimum atomic E-state index is -1.58. The van der Waals surface area contributed by atoms with Gasteiger partial charge in [-0.3, -0.25) is 4.79 Å². The van der Waals surface area contributed by atoms with Gasteiger partial charge in [0, 0.05) is 0 Å². The van der Waals surface area contributed by atoms with Crippen molar-refractivity contribution < 1.29 is 38.7 Å². The Balaban J connectivity index is 1.92. The summed E-state index contributed by atoms with van der Waals surface area (Å²) in [4.78, 5) is 11.0. The van der Waals surface area contributed by atoms with Gasteiger partial charge in [0.05, 0.1) is 13.0 Å². The van der Waals surface area contributed by atoms with Gasteiger partial charge in [-0.1, -0.05) is 0 Å². The molecule has 2 N–H and O–H groups in total. The van der Waals surface area contributed by atoms with Gasteiger partial charge < -0.3 is 33.9 Å². The lowest BCUT2D eigenvalue weighted by atomic mass is 9.91. The first-order chi connectivity index (χ1) is 10.0. The van der Waals surface area contributed by atoms with Gasteiger partial charge in [0.15, 0.2) is 11.6 Å². The quantitative estimate of drug-likeness (QED) is 0.761. The van der Waals surface area contributed by atoms with Gasteiger partial charge in [-0.15, -0.1) is 0 Å². The topological polar surface area (TPSA) is 104 Å². The molecule has 0 aromatic carbocycles. The highest BCUT2D eigenvalue weighted by molar-refractivity contribution is 5.67. The van der Waals surface area contributed by atoms with Gasteiger partial charge >= 0.3 is 5.97 Å². The number of ether oxygens (including phenoxy) is 5. The Hall–Kier alpha value is -0.770. The van der Waals surface area contributed by atoms with Crippen LogP contribution in [0.25, 0.3) is 0 Å². The van der Waals surface area contributed by atoms with E-state index in [1.165, 1.54) is 0 Å². The first-order valence-electron chi connectivity index (χ1n) is 7.32. The Morgan fingerprint density at radius 3 is 2.50 bits per heavy atom. The van der Waals surface area contributed by atoms with Crippen molar-refractivity contribution in [3.05, 3.63) is 0 Å². The SMILES string of the molecule is CC1(C)O[C@@H]2[C@@H](CO[C@@]3([C@@H](O)CC(=O)O)OC(C)(C)O[C@@H]23)O1. The maximum atomic E-state index is 11.0. The number of fused-ring (bicyclic) bond motifs is 3. The zero-order chi connectivity index (χ0) is 16.3. The predicted molar refractivity (Wildman–Crippen MR) is 70.8 cm³/mol. The third-order valence-corrected chi connectivity index (χ3v) is 4.04. The summed E-state index contributed by atoms with van der Waals surface area (Å²) in [7, 11) is 0. The predicted octanol–water partition coefficient (Wildman–Crippen LogP) is 0.220. The van der Waals surface area contributed by atoms with E-state index in [-0.39, 0.29) is 12.7 Å². The molecule has 0 amide bonds. The second-order valence-electron chi connectivity index (χ2n) is 6.83. The maximum absolute atomic E-state index is 11.0. The molecule has 0 aliphatic carbocycles. The van der Waals surface area contributed by atoms with E-state index < -0.39 is 48.1 Å². The average molecular weight is 318 g/mol. The lowest BCUT2D eigenvalue weighted by Crippen LogP contribution is -2.64. The summed E-state index contributed by atoms with van der Waals surface area (Å²) in [6.07, 6.45) is -3.54. The van der Waals surface area contributed by atoms with Crippen LogP contribution in [-0.4, -0.2) is 64.6 Å². The van der Waals surface area contributed by atoms with Crippen molar-refractivity contribution in [3.8, 4) is 0 Å². The van der Waals surface area contributed by atoms with E-state index in [2.05, 4.69) is 0 Å². The molecule has 8 heteroatoms. The Bertz CT molecular complexity index is 475. The lowest BCUT2D eigenvalue weighted by Gasteiger charge is -2.42. The van der Waals surface area contributed by atoms with Crippen LogP contribution in [0.5, 0.6) is 0 Å².